The molecule has 0 unspecified atom stereocenters. The van der Waals surface area contributed by atoms with Gasteiger partial charge in [0.2, 0.25) is 10.0 Å². The van der Waals surface area contributed by atoms with Crippen molar-refractivity contribution in [1.29, 1.82) is 0 Å². The number of amides is 1. The Morgan fingerprint density at radius 1 is 0.886 bits per heavy atom. The van der Waals surface area contributed by atoms with Crippen LogP contribution in [0.5, 0.6) is 11.5 Å². The van der Waals surface area contributed by atoms with Crippen LogP contribution < -0.4 is 14.8 Å². The summed E-state index contributed by atoms with van der Waals surface area (Å²) < 4.78 is 43.6. The zero-order valence-electron chi connectivity index (χ0n) is 19.3. The average Bonchev–Trinajstić information content (AvgIpc) is 2.91. The Hall–Kier alpha value is -3.40. The summed E-state index contributed by atoms with van der Waals surface area (Å²) in [5, 5.41) is 2.83. The van der Waals surface area contributed by atoms with Crippen molar-refractivity contribution in [3.8, 4) is 11.5 Å². The minimum atomic E-state index is -3.54. The lowest BCUT2D eigenvalue weighted by atomic mass is 10.2. The highest BCUT2D eigenvalue weighted by molar-refractivity contribution is 7.89. The topological polar surface area (TPSA) is 94.2 Å². The Morgan fingerprint density at radius 3 is 2.31 bits per heavy atom. The number of hydrogen-bond acceptors (Lipinski definition) is 6. The maximum atomic E-state index is 12.7. The van der Waals surface area contributed by atoms with E-state index in [0.29, 0.717) is 50.0 Å². The van der Waals surface area contributed by atoms with Crippen molar-refractivity contribution in [2.45, 2.75) is 11.5 Å². The maximum absolute atomic E-state index is 12.7. The Balaban J connectivity index is 1.26. The van der Waals surface area contributed by atoms with E-state index in [-0.39, 0.29) is 24.0 Å². The molecule has 3 aromatic rings. The normalized spacial score (nSPS) is 14.3. The molecule has 1 fully saturated rings. The molecule has 0 atom stereocenters. The summed E-state index contributed by atoms with van der Waals surface area (Å²) in [6.07, 6.45) is 0. The van der Waals surface area contributed by atoms with Crippen LogP contribution in [0, 0.1) is 0 Å². The van der Waals surface area contributed by atoms with Crippen LogP contribution in [0.1, 0.15) is 15.9 Å². The number of sulfonamides is 1. The lowest BCUT2D eigenvalue weighted by Crippen LogP contribution is -2.40. The first kappa shape index (κ1) is 24.7. The number of carbonyl (C=O) groups is 1. The number of carbonyl (C=O) groups excluding carboxylic acids is 1. The number of ether oxygens (including phenoxy) is 3. The smallest absolute Gasteiger partial charge is 0.255 e. The van der Waals surface area contributed by atoms with Crippen LogP contribution in [0.25, 0.3) is 0 Å². The van der Waals surface area contributed by atoms with Crippen LogP contribution in [0.3, 0.4) is 0 Å². The zero-order valence-corrected chi connectivity index (χ0v) is 20.1. The molecule has 1 aliphatic heterocycles. The van der Waals surface area contributed by atoms with Gasteiger partial charge in [-0.1, -0.05) is 42.5 Å². The van der Waals surface area contributed by atoms with E-state index in [1.165, 1.54) is 16.4 Å². The molecule has 0 spiro atoms. The Labute approximate surface area is 205 Å². The van der Waals surface area contributed by atoms with Gasteiger partial charge in [-0.2, -0.15) is 4.31 Å². The Kier molecular flexibility index (Phi) is 8.36. The third-order valence-corrected chi connectivity index (χ3v) is 7.37. The van der Waals surface area contributed by atoms with Crippen LogP contribution in [-0.2, 0) is 21.4 Å². The van der Waals surface area contributed by atoms with Crippen molar-refractivity contribution in [3.63, 3.8) is 0 Å². The molecule has 1 saturated heterocycles. The van der Waals surface area contributed by atoms with Crippen molar-refractivity contribution in [2.75, 3.05) is 39.5 Å². The summed E-state index contributed by atoms with van der Waals surface area (Å²) in [7, 11) is -3.54. The second kappa shape index (κ2) is 11.8. The number of rotatable bonds is 10. The van der Waals surface area contributed by atoms with Gasteiger partial charge in [0.1, 0.15) is 24.7 Å². The van der Waals surface area contributed by atoms with Gasteiger partial charge in [-0.05, 0) is 42.0 Å². The molecular formula is C26H28N2O6S. The first-order valence-electron chi connectivity index (χ1n) is 11.4. The highest BCUT2D eigenvalue weighted by Gasteiger charge is 2.26. The van der Waals surface area contributed by atoms with E-state index in [9.17, 15) is 13.2 Å². The summed E-state index contributed by atoms with van der Waals surface area (Å²) in [4.78, 5) is 12.9. The SMILES string of the molecule is O=C(NCCOc1ccc(S(=O)(=O)N2CCOCC2)cc1)c1ccccc1OCc1ccccc1. The first-order valence-corrected chi connectivity index (χ1v) is 12.8. The van der Waals surface area contributed by atoms with E-state index in [2.05, 4.69) is 5.32 Å². The van der Waals surface area contributed by atoms with Gasteiger partial charge in [-0.3, -0.25) is 4.79 Å². The third-order valence-electron chi connectivity index (χ3n) is 5.46. The summed E-state index contributed by atoms with van der Waals surface area (Å²) in [6, 6.07) is 23.1. The van der Waals surface area contributed by atoms with Crippen LogP contribution in [-0.4, -0.2) is 58.1 Å². The molecule has 9 heteroatoms. The standard InChI is InChI=1S/C26H28N2O6S/c29-26(24-8-4-5-9-25(24)34-20-21-6-2-1-3-7-21)27-14-17-33-22-10-12-23(13-11-22)35(30,31)28-15-18-32-19-16-28/h1-13H,14-20H2,(H,27,29). The van der Waals surface area contributed by atoms with Gasteiger partial charge in [0.25, 0.3) is 5.91 Å². The van der Waals surface area contributed by atoms with E-state index in [1.54, 1.807) is 30.3 Å². The molecule has 0 saturated carbocycles. The molecule has 4 rings (SSSR count). The Morgan fingerprint density at radius 2 is 1.57 bits per heavy atom. The highest BCUT2D eigenvalue weighted by atomic mass is 32.2. The van der Waals surface area contributed by atoms with E-state index in [1.807, 2.05) is 36.4 Å². The molecule has 0 radical (unpaired) electrons. The predicted molar refractivity (Wildman–Crippen MR) is 131 cm³/mol. The van der Waals surface area contributed by atoms with Crippen molar-refractivity contribution in [2.24, 2.45) is 0 Å². The number of para-hydroxylation sites is 1. The van der Waals surface area contributed by atoms with Gasteiger partial charge in [0.05, 0.1) is 30.2 Å². The summed E-state index contributed by atoms with van der Waals surface area (Å²) in [6.45, 7) is 2.37. The van der Waals surface area contributed by atoms with Crippen LogP contribution >= 0.6 is 0 Å². The molecule has 3 aromatic carbocycles. The first-order chi connectivity index (χ1) is 17.0. The number of nitrogens with zero attached hydrogens (tertiary/aromatic N) is 1. The Bertz CT molecular complexity index is 1210. The second-order valence-electron chi connectivity index (χ2n) is 7.86. The van der Waals surface area contributed by atoms with Gasteiger partial charge in [-0.25, -0.2) is 8.42 Å². The molecule has 8 nitrogen and oxygen atoms in total. The second-order valence-corrected chi connectivity index (χ2v) is 9.80. The van der Waals surface area contributed by atoms with Gasteiger partial charge in [-0.15, -0.1) is 0 Å². The van der Waals surface area contributed by atoms with Crippen LogP contribution in [0.15, 0.2) is 83.8 Å². The molecule has 184 valence electrons. The fourth-order valence-electron chi connectivity index (χ4n) is 3.59. The van der Waals surface area contributed by atoms with Gasteiger partial charge >= 0.3 is 0 Å². The highest BCUT2D eigenvalue weighted by Crippen LogP contribution is 2.21. The summed E-state index contributed by atoms with van der Waals surface area (Å²) in [5.41, 5.74) is 1.46. The molecule has 0 aromatic heterocycles. The van der Waals surface area contributed by atoms with E-state index >= 15 is 0 Å². The molecular weight excluding hydrogens is 468 g/mol. The lowest BCUT2D eigenvalue weighted by Gasteiger charge is -2.26. The minimum absolute atomic E-state index is 0.215. The van der Waals surface area contributed by atoms with E-state index in [4.69, 9.17) is 14.2 Å². The van der Waals surface area contributed by atoms with Crippen molar-refractivity contribution >= 4 is 15.9 Å². The van der Waals surface area contributed by atoms with Crippen molar-refractivity contribution < 1.29 is 27.4 Å². The summed E-state index contributed by atoms with van der Waals surface area (Å²) >= 11 is 0. The maximum Gasteiger partial charge on any atom is 0.255 e. The molecule has 0 bridgehead atoms. The van der Waals surface area contributed by atoms with Crippen LogP contribution in [0.2, 0.25) is 0 Å². The van der Waals surface area contributed by atoms with Crippen molar-refractivity contribution in [3.05, 3.63) is 90.0 Å². The average molecular weight is 497 g/mol. The number of morpholine rings is 1. The zero-order chi connectivity index (χ0) is 24.5. The molecule has 1 aliphatic rings. The quantitative estimate of drug-likeness (QED) is 0.434. The number of benzene rings is 3. The third kappa shape index (κ3) is 6.60. The number of hydrogen-bond donors (Lipinski definition) is 1. The monoisotopic (exact) mass is 496 g/mol. The van der Waals surface area contributed by atoms with Gasteiger partial charge in [0, 0.05) is 13.1 Å². The summed E-state index contributed by atoms with van der Waals surface area (Å²) in [5.74, 6) is 0.767. The molecule has 1 heterocycles. The molecule has 35 heavy (non-hydrogen) atoms. The molecule has 1 N–H and O–H groups in total. The van der Waals surface area contributed by atoms with Crippen LogP contribution in [0.4, 0.5) is 0 Å². The fourth-order valence-corrected chi connectivity index (χ4v) is 5.00. The lowest BCUT2D eigenvalue weighted by molar-refractivity contribution is 0.0730. The molecule has 0 aliphatic carbocycles. The fraction of sp³-hybridized carbons (Fsp3) is 0.269. The largest absolute Gasteiger partial charge is 0.492 e. The van der Waals surface area contributed by atoms with Gasteiger partial charge in [0.15, 0.2) is 0 Å². The van der Waals surface area contributed by atoms with E-state index in [0.717, 1.165) is 5.56 Å². The predicted octanol–water partition coefficient (Wildman–Crippen LogP) is 3.10. The van der Waals surface area contributed by atoms with E-state index < -0.39 is 10.0 Å². The molecule has 1 amide bonds. The van der Waals surface area contributed by atoms with Gasteiger partial charge < -0.3 is 19.5 Å². The number of nitrogens with one attached hydrogen (secondary N) is 1. The minimum Gasteiger partial charge on any atom is -0.492 e. The van der Waals surface area contributed by atoms with Crippen molar-refractivity contribution in [1.82, 2.24) is 9.62 Å².